The third kappa shape index (κ3) is 4.03. The van der Waals surface area contributed by atoms with Gasteiger partial charge >= 0.3 is 0 Å². The Morgan fingerprint density at radius 2 is 1.84 bits per heavy atom. The molecular weight excluding hydrogens is 331 g/mol. The van der Waals surface area contributed by atoms with Crippen molar-refractivity contribution in [2.24, 2.45) is 0 Å². The van der Waals surface area contributed by atoms with E-state index in [9.17, 15) is 19.3 Å². The molecule has 8 heteroatoms. The predicted molar refractivity (Wildman–Crippen MR) is 88.5 cm³/mol. The first-order valence-electron chi connectivity index (χ1n) is 7.34. The van der Waals surface area contributed by atoms with E-state index in [-0.39, 0.29) is 5.56 Å². The highest BCUT2D eigenvalue weighted by molar-refractivity contribution is 5.98. The molecule has 0 aliphatic heterocycles. The maximum absolute atomic E-state index is 13.2. The number of nitrogens with one attached hydrogen (secondary N) is 1. The summed E-state index contributed by atoms with van der Waals surface area (Å²) in [5.74, 6) is -0.419. The summed E-state index contributed by atoms with van der Waals surface area (Å²) in [6, 6.07) is 7.48. The van der Waals surface area contributed by atoms with Crippen molar-refractivity contribution in [2.45, 2.75) is 13.0 Å². The molecule has 7 nitrogen and oxygen atoms in total. The molecule has 0 radical (unpaired) electrons. The SMILES string of the molecule is COc1ccc([C@@H](C)NC(=O)c2ccc(F)cc2[N+](=O)[O-])cc1OC. The lowest BCUT2D eigenvalue weighted by atomic mass is 10.1. The first kappa shape index (κ1) is 18.2. The van der Waals surface area contributed by atoms with E-state index in [0.29, 0.717) is 11.5 Å². The normalized spacial score (nSPS) is 11.5. The second-order valence-electron chi connectivity index (χ2n) is 5.23. The minimum Gasteiger partial charge on any atom is -0.493 e. The summed E-state index contributed by atoms with van der Waals surface area (Å²) in [6.07, 6.45) is 0. The van der Waals surface area contributed by atoms with Gasteiger partial charge < -0.3 is 14.8 Å². The highest BCUT2D eigenvalue weighted by Gasteiger charge is 2.22. The number of rotatable bonds is 6. The molecule has 0 aromatic heterocycles. The Hall–Kier alpha value is -3.16. The Kier molecular flexibility index (Phi) is 5.53. The molecule has 2 rings (SSSR count). The van der Waals surface area contributed by atoms with Crippen LogP contribution < -0.4 is 14.8 Å². The Bertz CT molecular complexity index is 810. The van der Waals surface area contributed by atoms with E-state index in [0.717, 1.165) is 23.8 Å². The molecule has 0 bridgehead atoms. The second kappa shape index (κ2) is 7.61. The van der Waals surface area contributed by atoms with Crippen LogP contribution in [0.25, 0.3) is 0 Å². The highest BCUT2D eigenvalue weighted by atomic mass is 19.1. The molecule has 2 aromatic rings. The molecule has 0 saturated heterocycles. The zero-order valence-electron chi connectivity index (χ0n) is 13.9. The number of carbonyl (C=O) groups is 1. The molecule has 0 unspecified atom stereocenters. The van der Waals surface area contributed by atoms with Gasteiger partial charge in [0.1, 0.15) is 11.4 Å². The lowest BCUT2D eigenvalue weighted by Gasteiger charge is -2.16. The lowest BCUT2D eigenvalue weighted by molar-refractivity contribution is -0.385. The van der Waals surface area contributed by atoms with Crippen molar-refractivity contribution in [3.05, 3.63) is 63.5 Å². The maximum Gasteiger partial charge on any atom is 0.285 e. The third-order valence-corrected chi connectivity index (χ3v) is 3.66. The van der Waals surface area contributed by atoms with Gasteiger partial charge in [-0.3, -0.25) is 14.9 Å². The molecule has 25 heavy (non-hydrogen) atoms. The standard InChI is InChI=1S/C17H17FN2O5/c1-10(11-4-7-15(24-2)16(8-11)25-3)19-17(21)13-6-5-12(18)9-14(13)20(22)23/h4-10H,1-3H3,(H,19,21)/t10-/m1/s1. The number of ether oxygens (including phenoxy) is 2. The first-order valence-corrected chi connectivity index (χ1v) is 7.34. The fourth-order valence-corrected chi connectivity index (χ4v) is 2.33. The lowest BCUT2D eigenvalue weighted by Crippen LogP contribution is -2.27. The number of carbonyl (C=O) groups excluding carboxylic acids is 1. The molecule has 132 valence electrons. The van der Waals surface area contributed by atoms with E-state index in [4.69, 9.17) is 9.47 Å². The van der Waals surface area contributed by atoms with Gasteiger partial charge in [-0.1, -0.05) is 6.07 Å². The number of nitrogens with zero attached hydrogens (tertiary/aromatic N) is 1. The third-order valence-electron chi connectivity index (χ3n) is 3.66. The molecule has 1 N–H and O–H groups in total. The summed E-state index contributed by atoms with van der Waals surface area (Å²) < 4.78 is 23.6. The van der Waals surface area contributed by atoms with Crippen molar-refractivity contribution in [1.29, 1.82) is 0 Å². The van der Waals surface area contributed by atoms with E-state index >= 15 is 0 Å². The van der Waals surface area contributed by atoms with Gasteiger partial charge in [0.2, 0.25) is 0 Å². The van der Waals surface area contributed by atoms with Crippen LogP contribution >= 0.6 is 0 Å². The van der Waals surface area contributed by atoms with Crippen molar-refractivity contribution >= 4 is 11.6 Å². The molecule has 0 spiro atoms. The fourth-order valence-electron chi connectivity index (χ4n) is 2.33. The van der Waals surface area contributed by atoms with E-state index < -0.39 is 28.4 Å². The van der Waals surface area contributed by atoms with Gasteiger partial charge in [-0.2, -0.15) is 0 Å². The van der Waals surface area contributed by atoms with Gasteiger partial charge in [0.25, 0.3) is 11.6 Å². The minimum atomic E-state index is -0.793. The number of halogens is 1. The van der Waals surface area contributed by atoms with Gasteiger partial charge in [0.05, 0.1) is 31.3 Å². The van der Waals surface area contributed by atoms with Crippen LogP contribution in [0.2, 0.25) is 0 Å². The van der Waals surface area contributed by atoms with E-state index in [2.05, 4.69) is 5.32 Å². The Labute approximate surface area is 143 Å². The number of methoxy groups -OCH3 is 2. The number of hydrogen-bond acceptors (Lipinski definition) is 5. The first-order chi connectivity index (χ1) is 11.9. The number of hydrogen-bond donors (Lipinski definition) is 1. The van der Waals surface area contributed by atoms with Crippen LogP contribution in [0.3, 0.4) is 0 Å². The van der Waals surface area contributed by atoms with Crippen LogP contribution in [0.15, 0.2) is 36.4 Å². The average Bonchev–Trinajstić information content (AvgIpc) is 2.60. The molecule has 2 aromatic carbocycles. The number of benzene rings is 2. The summed E-state index contributed by atoms with van der Waals surface area (Å²) in [5.41, 5.74) is -0.0773. The molecule has 0 fully saturated rings. The van der Waals surface area contributed by atoms with Crippen molar-refractivity contribution in [3.8, 4) is 11.5 Å². The van der Waals surface area contributed by atoms with Crippen molar-refractivity contribution in [2.75, 3.05) is 14.2 Å². The van der Waals surface area contributed by atoms with Crippen LogP contribution in [0.5, 0.6) is 11.5 Å². The second-order valence-corrected chi connectivity index (χ2v) is 5.23. The van der Waals surface area contributed by atoms with Crippen LogP contribution in [0.1, 0.15) is 28.9 Å². The minimum absolute atomic E-state index is 0.210. The zero-order chi connectivity index (χ0) is 18.6. The van der Waals surface area contributed by atoms with E-state index in [1.165, 1.54) is 14.2 Å². The van der Waals surface area contributed by atoms with Gasteiger partial charge in [0.15, 0.2) is 11.5 Å². The monoisotopic (exact) mass is 348 g/mol. The Morgan fingerprint density at radius 3 is 2.44 bits per heavy atom. The topological polar surface area (TPSA) is 90.7 Å². The van der Waals surface area contributed by atoms with Crippen molar-refractivity contribution in [3.63, 3.8) is 0 Å². The fraction of sp³-hybridized carbons (Fsp3) is 0.235. The van der Waals surface area contributed by atoms with Gasteiger partial charge in [-0.25, -0.2) is 4.39 Å². The molecule has 1 amide bonds. The van der Waals surface area contributed by atoms with Crippen LogP contribution in [0, 0.1) is 15.9 Å². The number of amides is 1. The summed E-state index contributed by atoms with van der Waals surface area (Å²) >= 11 is 0. The zero-order valence-corrected chi connectivity index (χ0v) is 13.9. The largest absolute Gasteiger partial charge is 0.493 e. The molecule has 1 atom stereocenters. The molecular formula is C17H17FN2O5. The van der Waals surface area contributed by atoms with Crippen LogP contribution in [0.4, 0.5) is 10.1 Å². The van der Waals surface area contributed by atoms with E-state index in [1.807, 2.05) is 0 Å². The summed E-state index contributed by atoms with van der Waals surface area (Å²) in [7, 11) is 3.00. The summed E-state index contributed by atoms with van der Waals surface area (Å²) in [5, 5.41) is 13.7. The number of nitro benzene ring substituents is 1. The average molecular weight is 348 g/mol. The number of nitro groups is 1. The quantitative estimate of drug-likeness (QED) is 0.639. The van der Waals surface area contributed by atoms with Gasteiger partial charge in [0, 0.05) is 0 Å². The summed E-state index contributed by atoms with van der Waals surface area (Å²) in [4.78, 5) is 22.6. The molecule has 0 aliphatic carbocycles. The van der Waals surface area contributed by atoms with Gasteiger partial charge in [-0.15, -0.1) is 0 Å². The highest BCUT2D eigenvalue weighted by Crippen LogP contribution is 2.30. The predicted octanol–water partition coefficient (Wildman–Crippen LogP) is 3.24. The Morgan fingerprint density at radius 1 is 1.16 bits per heavy atom. The molecule has 0 aliphatic rings. The maximum atomic E-state index is 13.2. The van der Waals surface area contributed by atoms with Crippen molar-refractivity contribution in [1.82, 2.24) is 5.32 Å². The van der Waals surface area contributed by atoms with Crippen LogP contribution in [-0.4, -0.2) is 25.1 Å². The molecule has 0 heterocycles. The smallest absolute Gasteiger partial charge is 0.285 e. The Balaban J connectivity index is 2.25. The van der Waals surface area contributed by atoms with Crippen LogP contribution in [-0.2, 0) is 0 Å². The molecule has 0 saturated carbocycles. The van der Waals surface area contributed by atoms with Crippen molar-refractivity contribution < 1.29 is 23.6 Å². The van der Waals surface area contributed by atoms with E-state index in [1.54, 1.807) is 25.1 Å². The summed E-state index contributed by atoms with van der Waals surface area (Å²) in [6.45, 7) is 1.72. The van der Waals surface area contributed by atoms with Gasteiger partial charge in [-0.05, 0) is 36.8 Å².